The quantitative estimate of drug-likeness (QED) is 0.635. The highest BCUT2D eigenvalue weighted by atomic mass is 16.5. The second-order valence-corrected chi connectivity index (χ2v) is 3.32. The Bertz CT molecular complexity index is 238. The van der Waals surface area contributed by atoms with E-state index in [9.17, 15) is 9.59 Å². The van der Waals surface area contributed by atoms with Crippen LogP contribution in [0.5, 0.6) is 0 Å². The first kappa shape index (κ1) is 11.9. The van der Waals surface area contributed by atoms with E-state index in [1.54, 1.807) is 4.90 Å². The summed E-state index contributed by atoms with van der Waals surface area (Å²) in [5.41, 5.74) is 5.07. The summed E-state index contributed by atoms with van der Waals surface area (Å²) in [5, 5.41) is 0. The van der Waals surface area contributed by atoms with Crippen LogP contribution in [0.4, 0.5) is 0 Å². The molecule has 0 aromatic rings. The molecule has 2 N–H and O–H groups in total. The zero-order valence-corrected chi connectivity index (χ0v) is 8.77. The lowest BCUT2D eigenvalue weighted by molar-refractivity contribution is -0.142. The molecule has 1 fully saturated rings. The molecule has 1 rings (SSSR count). The summed E-state index contributed by atoms with van der Waals surface area (Å²) >= 11 is 0. The van der Waals surface area contributed by atoms with Crippen LogP contribution < -0.4 is 5.73 Å². The Morgan fingerprint density at radius 3 is 2.53 bits per heavy atom. The summed E-state index contributed by atoms with van der Waals surface area (Å²) in [4.78, 5) is 24.2. The summed E-state index contributed by atoms with van der Waals surface area (Å²) in [6.07, 6.45) is -0.827. The van der Waals surface area contributed by atoms with Crippen LogP contribution in [0, 0.1) is 0 Å². The van der Waals surface area contributed by atoms with Gasteiger partial charge in [-0.15, -0.1) is 0 Å². The van der Waals surface area contributed by atoms with Crippen LogP contribution in [0.25, 0.3) is 0 Å². The van der Waals surface area contributed by atoms with E-state index in [-0.39, 0.29) is 12.3 Å². The van der Waals surface area contributed by atoms with Crippen LogP contribution in [0.1, 0.15) is 6.42 Å². The molecule has 1 heterocycles. The second-order valence-electron chi connectivity index (χ2n) is 3.32. The van der Waals surface area contributed by atoms with Crippen molar-refractivity contribution in [3.63, 3.8) is 0 Å². The summed E-state index contributed by atoms with van der Waals surface area (Å²) in [5.74, 6) is -0.733. The Morgan fingerprint density at radius 1 is 1.47 bits per heavy atom. The standard InChI is InChI=1S/C9H16N2O4/c1-14-7(9(10)13)6-8(12)11-2-4-15-5-3-11/h7H,2-6H2,1H3,(H2,10,13). The minimum atomic E-state index is -0.833. The molecule has 2 amide bonds. The van der Waals surface area contributed by atoms with Crippen molar-refractivity contribution in [1.29, 1.82) is 0 Å². The van der Waals surface area contributed by atoms with E-state index in [0.717, 1.165) is 0 Å². The number of hydrogen-bond donors (Lipinski definition) is 1. The predicted molar refractivity (Wildman–Crippen MR) is 52.0 cm³/mol. The lowest BCUT2D eigenvalue weighted by Crippen LogP contribution is -2.43. The third-order valence-corrected chi connectivity index (χ3v) is 2.33. The lowest BCUT2D eigenvalue weighted by Gasteiger charge is -2.27. The van der Waals surface area contributed by atoms with Gasteiger partial charge in [0, 0.05) is 20.2 Å². The average Bonchev–Trinajstić information content (AvgIpc) is 2.26. The Kier molecular flexibility index (Phi) is 4.51. The van der Waals surface area contributed by atoms with E-state index < -0.39 is 12.0 Å². The van der Waals surface area contributed by atoms with Crippen molar-refractivity contribution >= 4 is 11.8 Å². The summed E-state index contributed by atoms with van der Waals surface area (Å²) < 4.78 is 9.93. The molecule has 6 nitrogen and oxygen atoms in total. The number of hydrogen-bond acceptors (Lipinski definition) is 4. The van der Waals surface area contributed by atoms with Crippen molar-refractivity contribution < 1.29 is 19.1 Å². The number of amides is 2. The van der Waals surface area contributed by atoms with Crippen molar-refractivity contribution in [2.24, 2.45) is 5.73 Å². The van der Waals surface area contributed by atoms with Gasteiger partial charge in [0.05, 0.1) is 19.6 Å². The molecule has 0 saturated carbocycles. The van der Waals surface area contributed by atoms with Gasteiger partial charge in [-0.3, -0.25) is 9.59 Å². The highest BCUT2D eigenvalue weighted by Crippen LogP contribution is 2.04. The molecule has 0 aromatic heterocycles. The van der Waals surface area contributed by atoms with Crippen molar-refractivity contribution in [1.82, 2.24) is 4.90 Å². The number of carbonyl (C=O) groups excluding carboxylic acids is 2. The molecule has 0 bridgehead atoms. The van der Waals surface area contributed by atoms with Crippen LogP contribution in [-0.4, -0.2) is 56.2 Å². The molecule has 6 heteroatoms. The predicted octanol–water partition coefficient (Wildman–Crippen LogP) is -1.26. The zero-order valence-electron chi connectivity index (χ0n) is 8.77. The first-order valence-electron chi connectivity index (χ1n) is 4.82. The van der Waals surface area contributed by atoms with Gasteiger partial charge in [0.15, 0.2) is 0 Å². The van der Waals surface area contributed by atoms with Gasteiger partial charge >= 0.3 is 0 Å². The van der Waals surface area contributed by atoms with Gasteiger partial charge in [0.2, 0.25) is 11.8 Å². The Hall–Kier alpha value is -1.14. The molecule has 15 heavy (non-hydrogen) atoms. The van der Waals surface area contributed by atoms with Gasteiger partial charge in [-0.25, -0.2) is 0 Å². The molecule has 1 aliphatic rings. The maximum atomic E-state index is 11.7. The maximum Gasteiger partial charge on any atom is 0.247 e. The van der Waals surface area contributed by atoms with Crippen LogP contribution in [-0.2, 0) is 19.1 Å². The largest absolute Gasteiger partial charge is 0.378 e. The molecule has 0 spiro atoms. The van der Waals surface area contributed by atoms with E-state index in [2.05, 4.69) is 0 Å². The van der Waals surface area contributed by atoms with E-state index >= 15 is 0 Å². The third-order valence-electron chi connectivity index (χ3n) is 2.33. The number of primary amides is 1. The number of nitrogens with two attached hydrogens (primary N) is 1. The minimum Gasteiger partial charge on any atom is -0.378 e. The fourth-order valence-corrected chi connectivity index (χ4v) is 1.40. The monoisotopic (exact) mass is 216 g/mol. The normalized spacial score (nSPS) is 18.6. The van der Waals surface area contributed by atoms with Gasteiger partial charge in [-0.2, -0.15) is 0 Å². The fraction of sp³-hybridized carbons (Fsp3) is 0.778. The van der Waals surface area contributed by atoms with Crippen molar-refractivity contribution in [3.05, 3.63) is 0 Å². The molecule has 1 aliphatic heterocycles. The maximum absolute atomic E-state index is 11.7. The van der Waals surface area contributed by atoms with Gasteiger partial charge in [-0.05, 0) is 0 Å². The number of morpholine rings is 1. The highest BCUT2D eigenvalue weighted by Gasteiger charge is 2.23. The number of ether oxygens (including phenoxy) is 2. The lowest BCUT2D eigenvalue weighted by atomic mass is 10.2. The second kappa shape index (κ2) is 5.67. The van der Waals surface area contributed by atoms with E-state index in [1.165, 1.54) is 7.11 Å². The van der Waals surface area contributed by atoms with E-state index in [0.29, 0.717) is 26.3 Å². The van der Waals surface area contributed by atoms with E-state index in [1.807, 2.05) is 0 Å². The Morgan fingerprint density at radius 2 is 2.07 bits per heavy atom. The van der Waals surface area contributed by atoms with Crippen LogP contribution >= 0.6 is 0 Å². The first-order chi connectivity index (χ1) is 7.15. The Balaban J connectivity index is 2.42. The zero-order chi connectivity index (χ0) is 11.3. The van der Waals surface area contributed by atoms with Gasteiger partial charge < -0.3 is 20.1 Å². The molecule has 0 aromatic carbocycles. The molecule has 86 valence electrons. The molecule has 0 radical (unpaired) electrons. The first-order valence-corrected chi connectivity index (χ1v) is 4.82. The molecule has 1 saturated heterocycles. The number of methoxy groups -OCH3 is 1. The van der Waals surface area contributed by atoms with Crippen LogP contribution in [0.3, 0.4) is 0 Å². The molecular weight excluding hydrogens is 200 g/mol. The number of carbonyl (C=O) groups is 2. The molecule has 0 aliphatic carbocycles. The van der Waals surface area contributed by atoms with Crippen LogP contribution in [0.15, 0.2) is 0 Å². The molecular formula is C9H16N2O4. The highest BCUT2D eigenvalue weighted by molar-refractivity contribution is 5.86. The average molecular weight is 216 g/mol. The fourth-order valence-electron chi connectivity index (χ4n) is 1.40. The SMILES string of the molecule is COC(CC(=O)N1CCOCC1)C(N)=O. The minimum absolute atomic E-state index is 0.00579. The van der Waals surface area contributed by atoms with Crippen molar-refractivity contribution in [2.75, 3.05) is 33.4 Å². The van der Waals surface area contributed by atoms with Crippen molar-refractivity contribution in [2.45, 2.75) is 12.5 Å². The summed E-state index contributed by atoms with van der Waals surface area (Å²) in [6.45, 7) is 2.21. The van der Waals surface area contributed by atoms with Gasteiger partial charge in [0.1, 0.15) is 6.10 Å². The van der Waals surface area contributed by atoms with Crippen LogP contribution in [0.2, 0.25) is 0 Å². The summed E-state index contributed by atoms with van der Waals surface area (Å²) in [7, 11) is 1.36. The van der Waals surface area contributed by atoms with Crippen molar-refractivity contribution in [3.8, 4) is 0 Å². The summed E-state index contributed by atoms with van der Waals surface area (Å²) in [6, 6.07) is 0. The van der Waals surface area contributed by atoms with Gasteiger partial charge in [0.25, 0.3) is 0 Å². The smallest absolute Gasteiger partial charge is 0.247 e. The number of nitrogens with zero attached hydrogens (tertiary/aromatic N) is 1. The molecule has 1 atom stereocenters. The topological polar surface area (TPSA) is 81.9 Å². The number of rotatable bonds is 4. The Labute approximate surface area is 88.3 Å². The molecule has 1 unspecified atom stereocenters. The van der Waals surface area contributed by atoms with Gasteiger partial charge in [-0.1, -0.05) is 0 Å². The van der Waals surface area contributed by atoms with E-state index in [4.69, 9.17) is 15.2 Å². The third kappa shape index (κ3) is 3.49.